The van der Waals surface area contributed by atoms with E-state index >= 15 is 0 Å². The van der Waals surface area contributed by atoms with Crippen LogP contribution in [0, 0.1) is 0 Å². The molecular weight excluding hydrogens is 190 g/mol. The van der Waals surface area contributed by atoms with E-state index in [-0.39, 0.29) is 6.61 Å². The molecule has 0 radical (unpaired) electrons. The molecule has 0 fully saturated rings. The Morgan fingerprint density at radius 1 is 1.47 bits per heavy atom. The van der Waals surface area contributed by atoms with E-state index in [4.69, 9.17) is 9.84 Å². The van der Waals surface area contributed by atoms with Crippen molar-refractivity contribution in [3.63, 3.8) is 0 Å². The van der Waals surface area contributed by atoms with E-state index in [9.17, 15) is 0 Å². The Labute approximate surface area is 90.1 Å². The Morgan fingerprint density at radius 3 is 3.07 bits per heavy atom. The Morgan fingerprint density at radius 2 is 2.33 bits per heavy atom. The van der Waals surface area contributed by atoms with Crippen molar-refractivity contribution in [1.82, 2.24) is 5.32 Å². The van der Waals surface area contributed by atoms with Gasteiger partial charge in [0, 0.05) is 19.2 Å². The number of nitrogens with one attached hydrogen (secondary N) is 1. The molecular formula is C12H17NO2. The zero-order valence-corrected chi connectivity index (χ0v) is 8.99. The molecule has 0 saturated heterocycles. The third-order valence-corrected chi connectivity index (χ3v) is 2.94. The van der Waals surface area contributed by atoms with E-state index in [0.29, 0.717) is 6.04 Å². The number of ether oxygens (including phenoxy) is 1. The molecule has 0 bridgehead atoms. The molecule has 82 valence electrons. The van der Waals surface area contributed by atoms with Gasteiger partial charge in [0.25, 0.3) is 0 Å². The number of methoxy groups -OCH3 is 1. The highest BCUT2D eigenvalue weighted by atomic mass is 16.5. The lowest BCUT2D eigenvalue weighted by atomic mass is 9.94. The van der Waals surface area contributed by atoms with E-state index in [2.05, 4.69) is 17.4 Å². The molecule has 2 rings (SSSR count). The number of fused-ring (bicyclic) bond motifs is 1. The maximum Gasteiger partial charge on any atom is 0.119 e. The largest absolute Gasteiger partial charge is 0.497 e. The van der Waals surface area contributed by atoms with Crippen molar-refractivity contribution in [2.45, 2.75) is 25.4 Å². The number of benzene rings is 1. The monoisotopic (exact) mass is 207 g/mol. The van der Waals surface area contributed by atoms with Gasteiger partial charge in [-0.25, -0.2) is 0 Å². The highest BCUT2D eigenvalue weighted by Gasteiger charge is 2.17. The Balaban J connectivity index is 2.16. The molecule has 0 amide bonds. The van der Waals surface area contributed by atoms with Gasteiger partial charge in [-0.1, -0.05) is 6.07 Å². The Kier molecular flexibility index (Phi) is 3.23. The van der Waals surface area contributed by atoms with Gasteiger partial charge in [-0.15, -0.1) is 0 Å². The number of hydrogen-bond donors (Lipinski definition) is 2. The van der Waals surface area contributed by atoms with Crippen LogP contribution in [0.1, 0.15) is 17.5 Å². The van der Waals surface area contributed by atoms with Gasteiger partial charge in [-0.2, -0.15) is 0 Å². The first-order chi connectivity index (χ1) is 7.33. The normalized spacial score (nSPS) is 19.7. The summed E-state index contributed by atoms with van der Waals surface area (Å²) in [7, 11) is 1.69. The second-order valence-corrected chi connectivity index (χ2v) is 3.93. The van der Waals surface area contributed by atoms with Crippen LogP contribution in [0.5, 0.6) is 5.75 Å². The van der Waals surface area contributed by atoms with Gasteiger partial charge < -0.3 is 15.2 Å². The average Bonchev–Trinajstić information content (AvgIpc) is 2.28. The molecule has 1 unspecified atom stereocenters. The molecule has 1 heterocycles. The summed E-state index contributed by atoms with van der Waals surface area (Å²) in [6.45, 7) is 1.14. The molecule has 1 aliphatic rings. The summed E-state index contributed by atoms with van der Waals surface area (Å²) in [6, 6.07) is 6.60. The summed E-state index contributed by atoms with van der Waals surface area (Å²) in [6.07, 6.45) is 1.80. The van der Waals surface area contributed by atoms with E-state index in [1.807, 2.05) is 6.07 Å². The van der Waals surface area contributed by atoms with Crippen LogP contribution in [0.3, 0.4) is 0 Å². The molecule has 0 aliphatic carbocycles. The predicted molar refractivity (Wildman–Crippen MR) is 59.0 cm³/mol. The quantitative estimate of drug-likeness (QED) is 0.779. The van der Waals surface area contributed by atoms with Crippen molar-refractivity contribution in [2.75, 3.05) is 13.7 Å². The first-order valence-corrected chi connectivity index (χ1v) is 5.33. The van der Waals surface area contributed by atoms with Gasteiger partial charge in [0.05, 0.1) is 7.11 Å². The summed E-state index contributed by atoms with van der Waals surface area (Å²) in [4.78, 5) is 0. The molecule has 1 aromatic carbocycles. The van der Waals surface area contributed by atoms with Crippen molar-refractivity contribution in [3.8, 4) is 5.75 Å². The fourth-order valence-electron chi connectivity index (χ4n) is 2.04. The second-order valence-electron chi connectivity index (χ2n) is 3.93. The van der Waals surface area contributed by atoms with Crippen molar-refractivity contribution >= 4 is 0 Å². The molecule has 1 aromatic rings. The zero-order valence-electron chi connectivity index (χ0n) is 8.99. The molecule has 0 spiro atoms. The summed E-state index contributed by atoms with van der Waals surface area (Å²) >= 11 is 0. The van der Waals surface area contributed by atoms with Crippen LogP contribution in [0.25, 0.3) is 0 Å². The zero-order chi connectivity index (χ0) is 10.7. The molecule has 3 heteroatoms. The highest BCUT2D eigenvalue weighted by molar-refractivity contribution is 5.37. The summed E-state index contributed by atoms with van der Waals surface area (Å²) in [5.41, 5.74) is 2.68. The van der Waals surface area contributed by atoms with Gasteiger partial charge in [0.15, 0.2) is 0 Å². The Bertz CT molecular complexity index is 338. The fourth-order valence-corrected chi connectivity index (χ4v) is 2.04. The van der Waals surface area contributed by atoms with Crippen molar-refractivity contribution in [2.24, 2.45) is 0 Å². The first-order valence-electron chi connectivity index (χ1n) is 5.33. The second kappa shape index (κ2) is 4.64. The summed E-state index contributed by atoms with van der Waals surface area (Å²) in [5.74, 6) is 0.915. The van der Waals surface area contributed by atoms with Crippen LogP contribution in [0.15, 0.2) is 18.2 Å². The van der Waals surface area contributed by atoms with Crippen molar-refractivity contribution < 1.29 is 9.84 Å². The van der Waals surface area contributed by atoms with Gasteiger partial charge in [0.2, 0.25) is 0 Å². The fraction of sp³-hybridized carbons (Fsp3) is 0.500. The van der Waals surface area contributed by atoms with E-state index in [1.54, 1.807) is 7.11 Å². The van der Waals surface area contributed by atoms with E-state index in [0.717, 1.165) is 25.1 Å². The van der Waals surface area contributed by atoms with Gasteiger partial charge in [0.1, 0.15) is 5.75 Å². The van der Waals surface area contributed by atoms with Gasteiger partial charge in [-0.3, -0.25) is 0 Å². The van der Waals surface area contributed by atoms with Crippen molar-refractivity contribution in [1.29, 1.82) is 0 Å². The predicted octanol–water partition coefficient (Wildman–Crippen LogP) is 1.09. The van der Waals surface area contributed by atoms with Crippen molar-refractivity contribution in [3.05, 3.63) is 29.3 Å². The Hall–Kier alpha value is -1.06. The van der Waals surface area contributed by atoms with E-state index in [1.165, 1.54) is 11.1 Å². The average molecular weight is 207 g/mol. The smallest absolute Gasteiger partial charge is 0.119 e. The maximum absolute atomic E-state index is 8.90. The molecule has 3 nitrogen and oxygen atoms in total. The highest BCUT2D eigenvalue weighted by Crippen LogP contribution is 2.22. The molecule has 1 atom stereocenters. The lowest BCUT2D eigenvalue weighted by molar-refractivity contribution is 0.260. The summed E-state index contributed by atoms with van der Waals surface area (Å²) < 4.78 is 5.21. The lowest BCUT2D eigenvalue weighted by Gasteiger charge is -2.25. The number of rotatable bonds is 3. The van der Waals surface area contributed by atoms with Gasteiger partial charge >= 0.3 is 0 Å². The third-order valence-electron chi connectivity index (χ3n) is 2.94. The van der Waals surface area contributed by atoms with Crippen LogP contribution in [-0.4, -0.2) is 24.9 Å². The van der Waals surface area contributed by atoms with Crippen LogP contribution in [-0.2, 0) is 13.0 Å². The number of hydrogen-bond acceptors (Lipinski definition) is 3. The standard InChI is InChI=1S/C12H17NO2/c1-15-12-3-2-9-8-13-11(4-5-14)6-10(9)7-12/h2-3,7,11,13-14H,4-6,8H2,1H3. The molecule has 0 saturated carbocycles. The molecule has 0 aromatic heterocycles. The maximum atomic E-state index is 8.90. The number of aliphatic hydroxyl groups is 1. The minimum Gasteiger partial charge on any atom is -0.497 e. The molecule has 15 heavy (non-hydrogen) atoms. The van der Waals surface area contributed by atoms with E-state index < -0.39 is 0 Å². The van der Waals surface area contributed by atoms with Crippen LogP contribution in [0.4, 0.5) is 0 Å². The molecule has 1 aliphatic heterocycles. The van der Waals surface area contributed by atoms with Crippen LogP contribution < -0.4 is 10.1 Å². The lowest BCUT2D eigenvalue weighted by Crippen LogP contribution is -2.36. The minimum atomic E-state index is 0.247. The third kappa shape index (κ3) is 2.30. The topological polar surface area (TPSA) is 41.5 Å². The molecule has 2 N–H and O–H groups in total. The van der Waals surface area contributed by atoms with Gasteiger partial charge in [-0.05, 0) is 36.1 Å². The SMILES string of the molecule is COc1ccc2c(c1)CC(CCO)NC2. The summed E-state index contributed by atoms with van der Waals surface area (Å²) in [5, 5.41) is 12.3. The minimum absolute atomic E-state index is 0.247. The van der Waals surface area contributed by atoms with Crippen LogP contribution >= 0.6 is 0 Å². The van der Waals surface area contributed by atoms with Crippen LogP contribution in [0.2, 0.25) is 0 Å². The first kappa shape index (κ1) is 10.5. The number of aliphatic hydroxyl groups excluding tert-OH is 1.